The van der Waals surface area contributed by atoms with E-state index in [2.05, 4.69) is 31.3 Å². The molecule has 0 saturated carbocycles. The number of ether oxygens (including phenoxy) is 1. The molecule has 0 spiro atoms. The first kappa shape index (κ1) is 12.9. The van der Waals surface area contributed by atoms with Gasteiger partial charge in [0, 0.05) is 11.0 Å². The summed E-state index contributed by atoms with van der Waals surface area (Å²) < 4.78 is 8.16. The number of hydrogen-bond donors (Lipinski definition) is 1. The first-order chi connectivity index (χ1) is 8.74. The van der Waals surface area contributed by atoms with Gasteiger partial charge in [-0.2, -0.15) is 5.10 Å². The molecular weight excluding hydrogens is 296 g/mol. The highest BCUT2D eigenvalue weighted by atomic mass is 79.9. The summed E-state index contributed by atoms with van der Waals surface area (Å²) in [4.78, 5) is 4.22. The quantitative estimate of drug-likeness (QED) is 0.922. The lowest BCUT2D eigenvalue weighted by Gasteiger charge is -2.11. The lowest BCUT2D eigenvalue weighted by atomic mass is 10.3. The van der Waals surface area contributed by atoms with Crippen LogP contribution in [-0.4, -0.2) is 21.9 Å². The van der Waals surface area contributed by atoms with Crippen LogP contribution in [0.15, 0.2) is 29.0 Å². The minimum Gasteiger partial charge on any atom is -0.495 e. The van der Waals surface area contributed by atoms with Crippen molar-refractivity contribution in [2.45, 2.75) is 20.0 Å². The second kappa shape index (κ2) is 5.86. The Morgan fingerprint density at radius 3 is 3.00 bits per heavy atom. The number of nitrogens with one attached hydrogen (secondary N) is 1. The summed E-state index contributed by atoms with van der Waals surface area (Å²) in [6.45, 7) is 3.46. The molecule has 0 aliphatic heterocycles. The summed E-state index contributed by atoms with van der Waals surface area (Å²) in [5.41, 5.74) is 0.928. The van der Waals surface area contributed by atoms with E-state index >= 15 is 0 Å². The average Bonchev–Trinajstić information content (AvgIpc) is 2.84. The van der Waals surface area contributed by atoms with Crippen molar-refractivity contribution in [2.24, 2.45) is 0 Å². The Morgan fingerprint density at radius 2 is 2.28 bits per heavy atom. The van der Waals surface area contributed by atoms with Crippen molar-refractivity contribution in [3.05, 3.63) is 34.8 Å². The molecule has 0 amide bonds. The molecule has 0 radical (unpaired) electrons. The standard InChI is InChI=1S/C12H15BrN4O/c1-3-17-12(15-8-16-17)7-14-10-6-9(13)4-5-11(10)18-2/h4-6,8,14H,3,7H2,1-2H3. The second-order valence-electron chi connectivity index (χ2n) is 3.69. The molecule has 0 saturated heterocycles. The zero-order valence-corrected chi connectivity index (χ0v) is 11.9. The van der Waals surface area contributed by atoms with Gasteiger partial charge >= 0.3 is 0 Å². The van der Waals surface area contributed by atoms with E-state index in [0.29, 0.717) is 6.54 Å². The number of aromatic nitrogens is 3. The number of hydrogen-bond acceptors (Lipinski definition) is 4. The van der Waals surface area contributed by atoms with Crippen LogP contribution < -0.4 is 10.1 Å². The van der Waals surface area contributed by atoms with Crippen molar-refractivity contribution in [1.82, 2.24) is 14.8 Å². The molecule has 5 nitrogen and oxygen atoms in total. The average molecular weight is 311 g/mol. The highest BCUT2D eigenvalue weighted by Crippen LogP contribution is 2.28. The number of anilines is 1. The van der Waals surface area contributed by atoms with Crippen molar-refractivity contribution in [2.75, 3.05) is 12.4 Å². The third-order valence-corrected chi connectivity index (χ3v) is 3.09. The van der Waals surface area contributed by atoms with Gasteiger partial charge < -0.3 is 10.1 Å². The highest BCUT2D eigenvalue weighted by Gasteiger charge is 2.06. The predicted octanol–water partition coefficient (Wildman–Crippen LogP) is 2.68. The minimum atomic E-state index is 0.612. The van der Waals surface area contributed by atoms with Crippen LogP contribution in [0.2, 0.25) is 0 Å². The topological polar surface area (TPSA) is 52.0 Å². The van der Waals surface area contributed by atoms with Crippen molar-refractivity contribution in [3.63, 3.8) is 0 Å². The summed E-state index contributed by atoms with van der Waals surface area (Å²) in [6, 6.07) is 5.83. The summed E-state index contributed by atoms with van der Waals surface area (Å²) in [5.74, 6) is 1.71. The molecule has 1 N–H and O–H groups in total. The van der Waals surface area contributed by atoms with Gasteiger partial charge in [-0.05, 0) is 25.1 Å². The Kier molecular flexibility index (Phi) is 4.19. The van der Waals surface area contributed by atoms with Crippen LogP contribution in [0.25, 0.3) is 0 Å². The Labute approximate surface area is 114 Å². The lowest BCUT2D eigenvalue weighted by molar-refractivity contribution is 0.416. The monoisotopic (exact) mass is 310 g/mol. The Bertz CT molecular complexity index is 527. The van der Waals surface area contributed by atoms with E-state index in [1.165, 1.54) is 0 Å². The SMILES string of the molecule is CCn1ncnc1CNc1cc(Br)ccc1OC. The maximum atomic E-state index is 5.30. The fourth-order valence-electron chi connectivity index (χ4n) is 1.68. The smallest absolute Gasteiger partial charge is 0.146 e. The van der Waals surface area contributed by atoms with Gasteiger partial charge in [0.05, 0.1) is 19.3 Å². The highest BCUT2D eigenvalue weighted by molar-refractivity contribution is 9.10. The minimum absolute atomic E-state index is 0.612. The summed E-state index contributed by atoms with van der Waals surface area (Å²) in [6.07, 6.45) is 1.57. The van der Waals surface area contributed by atoms with Crippen LogP contribution in [0.1, 0.15) is 12.7 Å². The molecule has 0 aliphatic rings. The van der Waals surface area contributed by atoms with Gasteiger partial charge in [0.1, 0.15) is 17.9 Å². The van der Waals surface area contributed by atoms with E-state index in [9.17, 15) is 0 Å². The predicted molar refractivity (Wildman–Crippen MR) is 73.7 cm³/mol. The lowest BCUT2D eigenvalue weighted by Crippen LogP contribution is -2.09. The first-order valence-electron chi connectivity index (χ1n) is 5.68. The van der Waals surface area contributed by atoms with Gasteiger partial charge in [-0.3, -0.25) is 0 Å². The van der Waals surface area contributed by atoms with Gasteiger partial charge in [-0.1, -0.05) is 15.9 Å². The zero-order chi connectivity index (χ0) is 13.0. The van der Waals surface area contributed by atoms with Gasteiger partial charge in [0.2, 0.25) is 0 Å². The summed E-state index contributed by atoms with van der Waals surface area (Å²) in [7, 11) is 1.66. The van der Waals surface area contributed by atoms with E-state index in [1.54, 1.807) is 13.4 Å². The van der Waals surface area contributed by atoms with Crippen LogP contribution in [0.3, 0.4) is 0 Å². The number of benzene rings is 1. The van der Waals surface area contributed by atoms with Gasteiger partial charge in [-0.15, -0.1) is 0 Å². The molecule has 0 bridgehead atoms. The van der Waals surface area contributed by atoms with Gasteiger partial charge in [0.15, 0.2) is 0 Å². The molecule has 2 rings (SSSR count). The molecular formula is C12H15BrN4O. The maximum absolute atomic E-state index is 5.30. The van der Waals surface area contributed by atoms with Crippen molar-refractivity contribution in [3.8, 4) is 5.75 Å². The molecule has 1 heterocycles. The molecule has 0 fully saturated rings. The molecule has 1 aromatic heterocycles. The number of aryl methyl sites for hydroxylation is 1. The van der Waals surface area contributed by atoms with E-state index < -0.39 is 0 Å². The first-order valence-corrected chi connectivity index (χ1v) is 6.48. The van der Waals surface area contributed by atoms with E-state index in [1.807, 2.05) is 29.8 Å². The number of nitrogens with zero attached hydrogens (tertiary/aromatic N) is 3. The number of rotatable bonds is 5. The molecule has 18 heavy (non-hydrogen) atoms. The Balaban J connectivity index is 2.12. The fraction of sp³-hybridized carbons (Fsp3) is 0.333. The van der Waals surface area contributed by atoms with E-state index in [-0.39, 0.29) is 0 Å². The van der Waals surface area contributed by atoms with Crippen molar-refractivity contribution < 1.29 is 4.74 Å². The second-order valence-corrected chi connectivity index (χ2v) is 4.61. The normalized spacial score (nSPS) is 10.4. The summed E-state index contributed by atoms with van der Waals surface area (Å²) in [5, 5.41) is 7.44. The number of halogens is 1. The van der Waals surface area contributed by atoms with Crippen molar-refractivity contribution in [1.29, 1.82) is 0 Å². The van der Waals surface area contributed by atoms with Gasteiger partial charge in [0.25, 0.3) is 0 Å². The van der Waals surface area contributed by atoms with Gasteiger partial charge in [-0.25, -0.2) is 9.67 Å². The zero-order valence-electron chi connectivity index (χ0n) is 10.4. The molecule has 1 aromatic carbocycles. The van der Waals surface area contributed by atoms with Crippen LogP contribution in [0, 0.1) is 0 Å². The van der Waals surface area contributed by atoms with Crippen LogP contribution in [0.4, 0.5) is 5.69 Å². The van der Waals surface area contributed by atoms with Crippen molar-refractivity contribution >= 4 is 21.6 Å². The molecule has 0 atom stereocenters. The molecule has 0 unspecified atom stereocenters. The third-order valence-electron chi connectivity index (χ3n) is 2.59. The van der Waals surface area contributed by atoms with Crippen LogP contribution in [0.5, 0.6) is 5.75 Å². The molecule has 2 aromatic rings. The van der Waals surface area contributed by atoms with Crippen LogP contribution >= 0.6 is 15.9 Å². The summed E-state index contributed by atoms with van der Waals surface area (Å²) >= 11 is 3.44. The number of methoxy groups -OCH3 is 1. The molecule has 96 valence electrons. The largest absolute Gasteiger partial charge is 0.495 e. The third kappa shape index (κ3) is 2.81. The molecule has 0 aliphatic carbocycles. The Hall–Kier alpha value is -1.56. The van der Waals surface area contributed by atoms with E-state index in [0.717, 1.165) is 28.3 Å². The Morgan fingerprint density at radius 1 is 1.44 bits per heavy atom. The molecule has 6 heteroatoms. The fourth-order valence-corrected chi connectivity index (χ4v) is 2.04. The van der Waals surface area contributed by atoms with Crippen LogP contribution in [-0.2, 0) is 13.1 Å². The maximum Gasteiger partial charge on any atom is 0.146 e. The van der Waals surface area contributed by atoms with E-state index in [4.69, 9.17) is 4.74 Å².